The number of aliphatic hydroxyl groups is 1. The average molecular weight is 328 g/mol. The van der Waals surface area contributed by atoms with E-state index >= 15 is 0 Å². The Morgan fingerprint density at radius 3 is 1.67 bits per heavy atom. The Morgan fingerprint density at radius 2 is 1.53 bits per heavy atom. The first-order chi connectivity index (χ1) is 6.84. The summed E-state index contributed by atoms with van der Waals surface area (Å²) in [4.78, 5) is 0. The zero-order valence-electron chi connectivity index (χ0n) is 9.91. The van der Waals surface area contributed by atoms with E-state index in [9.17, 15) is 5.11 Å². The molecule has 4 heteroatoms. The van der Waals surface area contributed by atoms with Crippen molar-refractivity contribution in [1.29, 1.82) is 0 Å². The van der Waals surface area contributed by atoms with Crippen LogP contribution in [0.3, 0.4) is 0 Å². The predicted octanol–water partition coefficient (Wildman–Crippen LogP) is 4.05. The van der Waals surface area contributed by atoms with Crippen molar-refractivity contribution in [3.05, 3.63) is 22.3 Å². The Kier molecular flexibility index (Phi) is 6.99. The van der Waals surface area contributed by atoms with Crippen LogP contribution >= 0.6 is 17.0 Å². The monoisotopic (exact) mass is 326 g/mol. The fourth-order valence-corrected chi connectivity index (χ4v) is 1.99. The van der Waals surface area contributed by atoms with Crippen LogP contribution in [0.25, 0.3) is 0 Å². The Morgan fingerprint density at radius 1 is 1.13 bits per heavy atom. The van der Waals surface area contributed by atoms with Crippen molar-refractivity contribution in [3.63, 3.8) is 0 Å². The topological polar surface area (TPSA) is 20.2 Å². The van der Waals surface area contributed by atoms with E-state index < -0.39 is 20.8 Å². The molecule has 0 aliphatic heterocycles. The maximum absolute atomic E-state index is 9.22. The zero-order chi connectivity index (χ0) is 12.2. The molecule has 0 aromatic heterocycles. The van der Waals surface area contributed by atoms with Gasteiger partial charge in [-0.25, -0.2) is 0 Å². The van der Waals surface area contributed by atoms with E-state index in [-0.39, 0.29) is 12.0 Å². The summed E-state index contributed by atoms with van der Waals surface area (Å²) in [7, 11) is 9.87. The molecular formula is C11H18Cl2OZr. The summed E-state index contributed by atoms with van der Waals surface area (Å²) in [5, 5.41) is 9.22. The van der Waals surface area contributed by atoms with Crippen molar-refractivity contribution in [3.8, 4) is 0 Å². The standard InChI is InChI=1S/C11H18O.2ClH.Zr/c1-7-8(2)10(6-12)11(4,5)9(7)3;;;/h12H,6H2,1-5H3;2*1H;/q;;;+2/p-2. The molecule has 0 saturated carbocycles. The van der Waals surface area contributed by atoms with Crippen LogP contribution in [0, 0.1) is 5.41 Å². The molecule has 1 N–H and O–H groups in total. The second kappa shape index (κ2) is 6.59. The van der Waals surface area contributed by atoms with E-state index in [0.717, 1.165) is 0 Å². The Hall–Kier alpha value is 0.903. The van der Waals surface area contributed by atoms with E-state index in [1.165, 1.54) is 22.3 Å². The van der Waals surface area contributed by atoms with Gasteiger partial charge in [-0.05, 0) is 37.5 Å². The van der Waals surface area contributed by atoms with Crippen molar-refractivity contribution >= 4 is 17.0 Å². The minimum atomic E-state index is -0.826. The molecule has 0 fully saturated rings. The van der Waals surface area contributed by atoms with Gasteiger partial charge in [0.15, 0.2) is 0 Å². The summed E-state index contributed by atoms with van der Waals surface area (Å²) in [6.45, 7) is 10.9. The number of allylic oxidation sites excluding steroid dienone is 3. The Bertz CT molecular complexity index is 293. The molecule has 1 rings (SSSR count). The van der Waals surface area contributed by atoms with Gasteiger partial charge in [-0.2, -0.15) is 0 Å². The summed E-state index contributed by atoms with van der Waals surface area (Å²) < 4.78 is 0. The summed E-state index contributed by atoms with van der Waals surface area (Å²) in [5.74, 6) is 0. The molecule has 86 valence electrons. The fraction of sp³-hybridized carbons (Fsp3) is 0.636. The summed E-state index contributed by atoms with van der Waals surface area (Å²) in [6.07, 6.45) is 0. The van der Waals surface area contributed by atoms with Crippen molar-refractivity contribution in [2.75, 3.05) is 6.61 Å². The van der Waals surface area contributed by atoms with Crippen LogP contribution < -0.4 is 0 Å². The van der Waals surface area contributed by atoms with Crippen LogP contribution in [0.2, 0.25) is 0 Å². The van der Waals surface area contributed by atoms with Crippen LogP contribution in [-0.4, -0.2) is 11.7 Å². The molecule has 0 aromatic carbocycles. The van der Waals surface area contributed by atoms with Gasteiger partial charge in [-0.3, -0.25) is 0 Å². The molecule has 15 heavy (non-hydrogen) atoms. The van der Waals surface area contributed by atoms with Gasteiger partial charge in [0.2, 0.25) is 0 Å². The average Bonchev–Trinajstić information content (AvgIpc) is 2.29. The first-order valence-electron chi connectivity index (χ1n) is 4.80. The first kappa shape index (κ1) is 15.9. The SMILES string of the molecule is CC1=C(C)C(C)(C)C(CO)=C1C.[Cl][Zr][Cl]. The molecule has 0 radical (unpaired) electrons. The van der Waals surface area contributed by atoms with Crippen molar-refractivity contribution < 1.29 is 26.0 Å². The van der Waals surface area contributed by atoms with Gasteiger partial charge in [-0.15, -0.1) is 0 Å². The van der Waals surface area contributed by atoms with Gasteiger partial charge in [0.25, 0.3) is 0 Å². The molecule has 0 amide bonds. The molecule has 0 unspecified atom stereocenters. The maximum atomic E-state index is 9.22. The summed E-state index contributed by atoms with van der Waals surface area (Å²) in [6, 6.07) is 0. The first-order valence-corrected chi connectivity index (χ1v) is 11.1. The molecule has 1 nitrogen and oxygen atoms in total. The van der Waals surface area contributed by atoms with Gasteiger partial charge < -0.3 is 5.11 Å². The summed E-state index contributed by atoms with van der Waals surface area (Å²) in [5.41, 5.74) is 5.27. The van der Waals surface area contributed by atoms with Crippen LogP contribution in [0.4, 0.5) is 0 Å². The van der Waals surface area contributed by atoms with Crippen molar-refractivity contribution in [2.24, 2.45) is 5.41 Å². The fourth-order valence-electron chi connectivity index (χ4n) is 1.99. The zero-order valence-corrected chi connectivity index (χ0v) is 13.9. The predicted molar refractivity (Wildman–Crippen MR) is 63.6 cm³/mol. The quantitative estimate of drug-likeness (QED) is 0.770. The summed E-state index contributed by atoms with van der Waals surface area (Å²) >= 11 is -0.826. The van der Waals surface area contributed by atoms with E-state index in [2.05, 4.69) is 34.6 Å². The van der Waals surface area contributed by atoms with E-state index in [4.69, 9.17) is 17.0 Å². The van der Waals surface area contributed by atoms with Crippen LogP contribution in [-0.2, 0) is 20.8 Å². The molecule has 1 aliphatic rings. The van der Waals surface area contributed by atoms with Crippen molar-refractivity contribution in [1.82, 2.24) is 0 Å². The van der Waals surface area contributed by atoms with Crippen molar-refractivity contribution in [2.45, 2.75) is 34.6 Å². The number of rotatable bonds is 1. The van der Waals surface area contributed by atoms with E-state index in [0.29, 0.717) is 0 Å². The van der Waals surface area contributed by atoms with Crippen LogP contribution in [0.5, 0.6) is 0 Å². The second-order valence-electron chi connectivity index (χ2n) is 4.21. The van der Waals surface area contributed by atoms with Gasteiger partial charge in [-0.1, -0.05) is 19.4 Å². The molecular weight excluding hydrogens is 310 g/mol. The number of aliphatic hydroxyl groups excluding tert-OH is 1. The number of hydrogen-bond acceptors (Lipinski definition) is 1. The van der Waals surface area contributed by atoms with Gasteiger partial charge in [0, 0.05) is 5.41 Å². The molecule has 0 heterocycles. The number of hydrogen-bond donors (Lipinski definition) is 1. The molecule has 0 bridgehead atoms. The molecule has 0 saturated heterocycles. The molecule has 0 aromatic rings. The molecule has 0 atom stereocenters. The minimum absolute atomic E-state index is 0.0723. The Labute approximate surface area is 111 Å². The number of halogens is 2. The molecule has 1 aliphatic carbocycles. The van der Waals surface area contributed by atoms with Crippen LogP contribution in [0.15, 0.2) is 22.3 Å². The van der Waals surface area contributed by atoms with E-state index in [1.54, 1.807) is 0 Å². The molecule has 0 spiro atoms. The van der Waals surface area contributed by atoms with E-state index in [1.807, 2.05) is 0 Å². The third-order valence-electron chi connectivity index (χ3n) is 3.43. The third kappa shape index (κ3) is 3.43. The van der Waals surface area contributed by atoms with Gasteiger partial charge in [0.05, 0.1) is 6.61 Å². The van der Waals surface area contributed by atoms with Crippen LogP contribution in [0.1, 0.15) is 34.6 Å². The van der Waals surface area contributed by atoms with Gasteiger partial charge in [0.1, 0.15) is 0 Å². The Balaban J connectivity index is 0.000000583. The normalized spacial score (nSPS) is 18.9. The van der Waals surface area contributed by atoms with Gasteiger partial charge >= 0.3 is 37.9 Å². The second-order valence-corrected chi connectivity index (χ2v) is 7.94. The third-order valence-corrected chi connectivity index (χ3v) is 3.43.